The average Bonchev–Trinajstić information content (AvgIpc) is 2.82. The highest BCUT2D eigenvalue weighted by molar-refractivity contribution is 8.00. The Morgan fingerprint density at radius 2 is 2.21 bits per heavy atom. The minimum atomic E-state index is -0.0732. The third-order valence-corrected chi connectivity index (χ3v) is 4.37. The minimum absolute atomic E-state index is 0.0568. The number of hydrogen-bond donors (Lipinski definition) is 1. The summed E-state index contributed by atoms with van der Waals surface area (Å²) in [5.41, 5.74) is 0. The first-order valence-electron chi connectivity index (χ1n) is 6.61. The van der Waals surface area contributed by atoms with Gasteiger partial charge in [-0.1, -0.05) is 0 Å². The Kier molecular flexibility index (Phi) is 5.47. The first-order chi connectivity index (χ1) is 9.16. The molecule has 1 N–H and O–H groups in total. The lowest BCUT2D eigenvalue weighted by Gasteiger charge is -2.32. The lowest BCUT2D eigenvalue weighted by atomic mass is 10.2. The van der Waals surface area contributed by atoms with E-state index in [0.717, 1.165) is 26.3 Å². The van der Waals surface area contributed by atoms with Crippen LogP contribution in [0.5, 0.6) is 0 Å². The minimum Gasteiger partial charge on any atom is -0.379 e. The third-order valence-electron chi connectivity index (χ3n) is 3.42. The Morgan fingerprint density at radius 1 is 1.47 bits per heavy atom. The number of thioether (sulfide) groups is 1. The van der Waals surface area contributed by atoms with Gasteiger partial charge in [-0.3, -0.25) is 14.5 Å². The molecule has 6 nitrogen and oxygen atoms in total. The number of amides is 2. The molecule has 19 heavy (non-hydrogen) atoms. The van der Waals surface area contributed by atoms with E-state index < -0.39 is 0 Å². The number of nitrogens with one attached hydrogen (secondary N) is 1. The molecule has 1 atom stereocenters. The Balaban J connectivity index is 1.66. The van der Waals surface area contributed by atoms with Gasteiger partial charge in [0.25, 0.3) is 0 Å². The van der Waals surface area contributed by atoms with Crippen LogP contribution in [0, 0.1) is 0 Å². The molecule has 2 aliphatic rings. The van der Waals surface area contributed by atoms with E-state index in [1.807, 2.05) is 0 Å². The number of nitrogens with zero attached hydrogens (tertiary/aromatic N) is 2. The van der Waals surface area contributed by atoms with Crippen LogP contribution in [0.4, 0.5) is 0 Å². The zero-order valence-electron chi connectivity index (χ0n) is 11.3. The van der Waals surface area contributed by atoms with Crippen LogP contribution < -0.4 is 5.32 Å². The Labute approximate surface area is 117 Å². The molecule has 0 radical (unpaired) electrons. The molecule has 0 saturated carbocycles. The van der Waals surface area contributed by atoms with Crippen LogP contribution >= 0.6 is 11.8 Å². The number of carbonyl (C=O) groups is 2. The molecule has 0 aromatic rings. The second-order valence-electron chi connectivity index (χ2n) is 4.87. The van der Waals surface area contributed by atoms with E-state index in [1.165, 1.54) is 0 Å². The zero-order chi connectivity index (χ0) is 13.7. The smallest absolute Gasteiger partial charge is 0.239 e. The number of rotatable bonds is 5. The standard InChI is InChI=1S/C12H21N3O3S/c1-10(14-2-4-18-5-3-14)6-13-11(16)7-15-9-19-8-12(15)17/h10H,2-9H2,1H3,(H,13,16)/t10-/m1/s1. The van der Waals surface area contributed by atoms with Gasteiger partial charge in [0.1, 0.15) is 6.54 Å². The van der Waals surface area contributed by atoms with Gasteiger partial charge in [-0.2, -0.15) is 0 Å². The van der Waals surface area contributed by atoms with Gasteiger partial charge < -0.3 is 15.0 Å². The Morgan fingerprint density at radius 3 is 2.84 bits per heavy atom. The van der Waals surface area contributed by atoms with Gasteiger partial charge in [0.2, 0.25) is 11.8 Å². The van der Waals surface area contributed by atoms with Crippen LogP contribution in [0.1, 0.15) is 6.92 Å². The van der Waals surface area contributed by atoms with Crippen molar-refractivity contribution >= 4 is 23.6 Å². The summed E-state index contributed by atoms with van der Waals surface area (Å²) in [4.78, 5) is 27.1. The molecule has 2 aliphatic heterocycles. The van der Waals surface area contributed by atoms with E-state index in [-0.39, 0.29) is 18.4 Å². The maximum atomic E-state index is 11.8. The molecule has 0 aromatic carbocycles. The fraction of sp³-hybridized carbons (Fsp3) is 0.833. The highest BCUT2D eigenvalue weighted by Gasteiger charge is 2.23. The van der Waals surface area contributed by atoms with Crippen molar-refractivity contribution in [2.45, 2.75) is 13.0 Å². The van der Waals surface area contributed by atoms with E-state index in [9.17, 15) is 9.59 Å². The molecule has 2 amide bonds. The van der Waals surface area contributed by atoms with Gasteiger partial charge in [0, 0.05) is 25.7 Å². The maximum absolute atomic E-state index is 11.8. The number of morpholine rings is 1. The molecule has 0 aromatic heterocycles. The van der Waals surface area contributed by atoms with Crippen molar-refractivity contribution < 1.29 is 14.3 Å². The summed E-state index contributed by atoms with van der Waals surface area (Å²) in [6.07, 6.45) is 0. The van der Waals surface area contributed by atoms with Gasteiger partial charge in [-0.15, -0.1) is 11.8 Å². The van der Waals surface area contributed by atoms with Crippen LogP contribution in [-0.2, 0) is 14.3 Å². The Bertz CT molecular complexity index is 334. The fourth-order valence-corrected chi connectivity index (χ4v) is 3.08. The van der Waals surface area contributed by atoms with Crippen LogP contribution in [0.25, 0.3) is 0 Å². The summed E-state index contributed by atoms with van der Waals surface area (Å²) < 4.78 is 5.30. The molecule has 2 heterocycles. The molecule has 7 heteroatoms. The van der Waals surface area contributed by atoms with E-state index in [2.05, 4.69) is 17.1 Å². The monoisotopic (exact) mass is 287 g/mol. The van der Waals surface area contributed by atoms with Gasteiger partial charge >= 0.3 is 0 Å². The van der Waals surface area contributed by atoms with Gasteiger partial charge in [0.05, 0.1) is 24.8 Å². The second kappa shape index (κ2) is 7.12. The maximum Gasteiger partial charge on any atom is 0.239 e. The summed E-state index contributed by atoms with van der Waals surface area (Å²) in [7, 11) is 0. The van der Waals surface area contributed by atoms with E-state index in [0.29, 0.717) is 24.2 Å². The molecule has 0 bridgehead atoms. The van der Waals surface area contributed by atoms with Crippen LogP contribution in [0.15, 0.2) is 0 Å². The second-order valence-corrected chi connectivity index (χ2v) is 5.83. The molecular formula is C12H21N3O3S. The predicted molar refractivity (Wildman–Crippen MR) is 73.9 cm³/mol. The molecule has 2 fully saturated rings. The normalized spacial score (nSPS) is 22.6. The Hall–Kier alpha value is -0.790. The van der Waals surface area contributed by atoms with Crippen molar-refractivity contribution in [1.29, 1.82) is 0 Å². The molecule has 0 spiro atoms. The van der Waals surface area contributed by atoms with Crippen molar-refractivity contribution in [2.24, 2.45) is 0 Å². The van der Waals surface area contributed by atoms with Crippen LogP contribution in [0.2, 0.25) is 0 Å². The van der Waals surface area contributed by atoms with Gasteiger partial charge in [-0.25, -0.2) is 0 Å². The van der Waals surface area contributed by atoms with E-state index in [1.54, 1.807) is 16.7 Å². The predicted octanol–water partition coefficient (Wildman–Crippen LogP) is -0.644. The molecule has 0 unspecified atom stereocenters. The molecule has 2 saturated heterocycles. The van der Waals surface area contributed by atoms with Crippen molar-refractivity contribution in [3.63, 3.8) is 0 Å². The van der Waals surface area contributed by atoms with Crippen LogP contribution in [0.3, 0.4) is 0 Å². The highest BCUT2D eigenvalue weighted by atomic mass is 32.2. The lowest BCUT2D eigenvalue weighted by Crippen LogP contribution is -2.48. The summed E-state index contributed by atoms with van der Waals surface area (Å²) >= 11 is 1.55. The largest absolute Gasteiger partial charge is 0.379 e. The first kappa shape index (κ1) is 14.6. The highest BCUT2D eigenvalue weighted by Crippen LogP contribution is 2.13. The SMILES string of the molecule is C[C@H](CNC(=O)CN1CSCC1=O)N1CCOCC1. The quantitative estimate of drug-likeness (QED) is 0.728. The lowest BCUT2D eigenvalue weighted by molar-refractivity contribution is -0.132. The van der Waals surface area contributed by atoms with Crippen molar-refractivity contribution in [3.8, 4) is 0 Å². The van der Waals surface area contributed by atoms with E-state index in [4.69, 9.17) is 4.74 Å². The van der Waals surface area contributed by atoms with Crippen LogP contribution in [-0.4, -0.2) is 78.7 Å². The first-order valence-corrected chi connectivity index (χ1v) is 7.76. The van der Waals surface area contributed by atoms with Gasteiger partial charge in [-0.05, 0) is 6.92 Å². The number of hydrogen-bond acceptors (Lipinski definition) is 5. The average molecular weight is 287 g/mol. The van der Waals surface area contributed by atoms with Crippen molar-refractivity contribution in [3.05, 3.63) is 0 Å². The summed E-state index contributed by atoms with van der Waals surface area (Å²) in [5.74, 6) is 1.11. The topological polar surface area (TPSA) is 61.9 Å². The zero-order valence-corrected chi connectivity index (χ0v) is 12.1. The van der Waals surface area contributed by atoms with Gasteiger partial charge in [0.15, 0.2) is 0 Å². The van der Waals surface area contributed by atoms with Crippen molar-refractivity contribution in [2.75, 3.05) is 51.0 Å². The van der Waals surface area contributed by atoms with Crippen molar-refractivity contribution in [1.82, 2.24) is 15.1 Å². The molecule has 2 rings (SSSR count). The number of ether oxygens (including phenoxy) is 1. The molecular weight excluding hydrogens is 266 g/mol. The summed E-state index contributed by atoms with van der Waals surface area (Å²) in [5, 5.41) is 2.90. The third kappa shape index (κ3) is 4.36. The fourth-order valence-electron chi connectivity index (χ4n) is 2.18. The molecule has 0 aliphatic carbocycles. The van der Waals surface area contributed by atoms with E-state index >= 15 is 0 Å². The number of carbonyl (C=O) groups excluding carboxylic acids is 2. The molecule has 108 valence electrons. The summed E-state index contributed by atoms with van der Waals surface area (Å²) in [6, 6.07) is 0.302. The summed E-state index contributed by atoms with van der Waals surface area (Å²) in [6.45, 7) is 6.25.